The van der Waals surface area contributed by atoms with E-state index in [1.807, 2.05) is 7.05 Å². The van der Waals surface area contributed by atoms with Gasteiger partial charge in [0.1, 0.15) is 0 Å². The Kier molecular flexibility index (Phi) is 7.19. The number of hydrogen-bond acceptors (Lipinski definition) is 6. The van der Waals surface area contributed by atoms with Crippen LogP contribution in [-0.2, 0) is 9.47 Å². The van der Waals surface area contributed by atoms with Gasteiger partial charge in [0.05, 0.1) is 18.9 Å². The number of aromatic nitrogens is 1. The Balaban J connectivity index is 2.67. The molecule has 0 spiro atoms. The van der Waals surface area contributed by atoms with Crippen molar-refractivity contribution in [3.63, 3.8) is 0 Å². The molecule has 1 heterocycles. The molecule has 1 unspecified atom stereocenters. The molecule has 1 N–H and O–H groups in total. The molecule has 0 amide bonds. The summed E-state index contributed by atoms with van der Waals surface area (Å²) in [5, 5.41) is 6.33. The van der Waals surface area contributed by atoms with Gasteiger partial charge in [0.2, 0.25) is 0 Å². The summed E-state index contributed by atoms with van der Waals surface area (Å²) < 4.78 is 10.3. The van der Waals surface area contributed by atoms with Gasteiger partial charge < -0.3 is 19.7 Å². The largest absolute Gasteiger partial charge is 0.383 e. The summed E-state index contributed by atoms with van der Waals surface area (Å²) in [4.78, 5) is 6.86. The first-order chi connectivity index (χ1) is 8.72. The summed E-state index contributed by atoms with van der Waals surface area (Å²) in [6.07, 6.45) is 0. The molecule has 5 nitrogen and oxygen atoms in total. The van der Waals surface area contributed by atoms with E-state index in [0.29, 0.717) is 13.2 Å². The number of nitrogens with one attached hydrogen (secondary N) is 1. The van der Waals surface area contributed by atoms with Crippen molar-refractivity contribution in [2.45, 2.75) is 13.0 Å². The van der Waals surface area contributed by atoms with Gasteiger partial charge in [-0.3, -0.25) is 0 Å². The molecule has 1 atom stereocenters. The van der Waals surface area contributed by atoms with E-state index in [4.69, 9.17) is 9.47 Å². The summed E-state index contributed by atoms with van der Waals surface area (Å²) >= 11 is 1.67. The fourth-order valence-electron chi connectivity index (χ4n) is 1.47. The second-order valence-electron chi connectivity index (χ2n) is 4.04. The molecule has 1 aromatic heterocycles. The van der Waals surface area contributed by atoms with Crippen LogP contribution in [0, 0.1) is 0 Å². The Morgan fingerprint density at radius 2 is 1.94 bits per heavy atom. The molecule has 0 radical (unpaired) electrons. The summed E-state index contributed by atoms with van der Waals surface area (Å²) in [6.45, 7) is 5.16. The second kappa shape index (κ2) is 8.42. The Labute approximate surface area is 113 Å². The maximum Gasteiger partial charge on any atom is 0.185 e. The predicted molar refractivity (Wildman–Crippen MR) is 75.6 cm³/mol. The zero-order valence-corrected chi connectivity index (χ0v) is 12.4. The average molecular weight is 273 g/mol. The van der Waals surface area contributed by atoms with Gasteiger partial charge >= 0.3 is 0 Å². The number of hydrogen-bond donors (Lipinski definition) is 1. The highest BCUT2D eigenvalue weighted by molar-refractivity contribution is 7.13. The first kappa shape index (κ1) is 15.4. The highest BCUT2D eigenvalue weighted by atomic mass is 32.1. The lowest BCUT2D eigenvalue weighted by molar-refractivity contribution is 0.190. The van der Waals surface area contributed by atoms with Crippen molar-refractivity contribution in [2.75, 3.05) is 52.5 Å². The molecule has 104 valence electrons. The first-order valence-corrected chi connectivity index (χ1v) is 6.96. The summed E-state index contributed by atoms with van der Waals surface area (Å²) in [6, 6.07) is 0.279. The van der Waals surface area contributed by atoms with Crippen molar-refractivity contribution in [1.29, 1.82) is 0 Å². The van der Waals surface area contributed by atoms with Crippen molar-refractivity contribution in [3.05, 3.63) is 11.1 Å². The van der Waals surface area contributed by atoms with Crippen LogP contribution in [0.1, 0.15) is 18.7 Å². The topological polar surface area (TPSA) is 46.6 Å². The average Bonchev–Trinajstić information content (AvgIpc) is 2.87. The summed E-state index contributed by atoms with van der Waals surface area (Å²) in [5.41, 5.74) is 1.08. The van der Waals surface area contributed by atoms with Crippen LogP contribution in [-0.4, -0.2) is 52.6 Å². The van der Waals surface area contributed by atoms with Crippen LogP contribution >= 0.6 is 11.3 Å². The van der Waals surface area contributed by atoms with Gasteiger partial charge in [-0.25, -0.2) is 4.98 Å². The van der Waals surface area contributed by atoms with Crippen molar-refractivity contribution in [2.24, 2.45) is 0 Å². The van der Waals surface area contributed by atoms with Gasteiger partial charge in [-0.05, 0) is 14.0 Å². The third kappa shape index (κ3) is 4.53. The van der Waals surface area contributed by atoms with Crippen LogP contribution in [0.3, 0.4) is 0 Å². The molecule has 0 saturated heterocycles. The molecular weight excluding hydrogens is 250 g/mol. The Bertz CT molecular complexity index is 325. The fraction of sp³-hybridized carbons (Fsp3) is 0.750. The third-order valence-corrected chi connectivity index (χ3v) is 3.71. The Morgan fingerprint density at radius 1 is 1.33 bits per heavy atom. The van der Waals surface area contributed by atoms with Crippen LogP contribution in [0.4, 0.5) is 5.13 Å². The van der Waals surface area contributed by atoms with Crippen LogP contribution in [0.2, 0.25) is 0 Å². The SMILES string of the molecule is CNC(C)c1csc(N(CCOC)CCOC)n1. The first-order valence-electron chi connectivity index (χ1n) is 6.08. The smallest absolute Gasteiger partial charge is 0.185 e. The van der Waals surface area contributed by atoms with E-state index in [-0.39, 0.29) is 6.04 Å². The number of anilines is 1. The van der Waals surface area contributed by atoms with Gasteiger partial charge in [0, 0.05) is 38.7 Å². The van der Waals surface area contributed by atoms with Crippen molar-refractivity contribution in [3.8, 4) is 0 Å². The third-order valence-electron chi connectivity index (χ3n) is 2.79. The fourth-order valence-corrected chi connectivity index (χ4v) is 2.45. The number of nitrogens with zero attached hydrogens (tertiary/aromatic N) is 2. The van der Waals surface area contributed by atoms with E-state index in [1.54, 1.807) is 25.6 Å². The van der Waals surface area contributed by atoms with E-state index in [9.17, 15) is 0 Å². The highest BCUT2D eigenvalue weighted by Crippen LogP contribution is 2.23. The predicted octanol–water partition coefficient (Wildman–Crippen LogP) is 1.52. The summed E-state index contributed by atoms with van der Waals surface area (Å²) in [7, 11) is 5.37. The van der Waals surface area contributed by atoms with Gasteiger partial charge in [-0.2, -0.15) is 0 Å². The Morgan fingerprint density at radius 3 is 2.44 bits per heavy atom. The van der Waals surface area contributed by atoms with Crippen LogP contribution < -0.4 is 10.2 Å². The van der Waals surface area contributed by atoms with E-state index in [1.165, 1.54) is 0 Å². The molecule has 6 heteroatoms. The standard InChI is InChI=1S/C12H23N3O2S/c1-10(13-2)11-9-18-12(14-11)15(5-7-16-3)6-8-17-4/h9-10,13H,5-8H2,1-4H3. The minimum Gasteiger partial charge on any atom is -0.383 e. The zero-order valence-electron chi connectivity index (χ0n) is 11.6. The van der Waals surface area contributed by atoms with Crippen molar-refractivity contribution >= 4 is 16.5 Å². The quantitative estimate of drug-likeness (QED) is 0.739. The molecular formula is C12H23N3O2S. The number of rotatable bonds is 9. The van der Waals surface area contributed by atoms with Crippen LogP contribution in [0.15, 0.2) is 5.38 Å². The lowest BCUT2D eigenvalue weighted by atomic mass is 10.3. The zero-order chi connectivity index (χ0) is 13.4. The lowest BCUT2D eigenvalue weighted by Crippen LogP contribution is -2.30. The summed E-state index contributed by atoms with van der Waals surface area (Å²) in [5.74, 6) is 0. The molecule has 0 saturated carbocycles. The molecule has 0 aliphatic heterocycles. The van der Waals surface area contributed by atoms with Crippen molar-refractivity contribution < 1.29 is 9.47 Å². The molecule has 0 aromatic carbocycles. The Hall–Kier alpha value is -0.690. The maximum absolute atomic E-state index is 5.13. The normalized spacial score (nSPS) is 12.7. The monoisotopic (exact) mass is 273 g/mol. The van der Waals surface area contributed by atoms with E-state index >= 15 is 0 Å². The van der Waals surface area contributed by atoms with Gasteiger partial charge in [-0.1, -0.05) is 0 Å². The molecule has 1 aromatic rings. The molecule has 18 heavy (non-hydrogen) atoms. The van der Waals surface area contributed by atoms with Gasteiger partial charge in [-0.15, -0.1) is 11.3 Å². The van der Waals surface area contributed by atoms with Crippen molar-refractivity contribution in [1.82, 2.24) is 10.3 Å². The van der Waals surface area contributed by atoms with Gasteiger partial charge in [0.15, 0.2) is 5.13 Å². The van der Waals surface area contributed by atoms with E-state index < -0.39 is 0 Å². The highest BCUT2D eigenvalue weighted by Gasteiger charge is 2.13. The molecule has 0 fully saturated rings. The number of methoxy groups -OCH3 is 2. The number of thiazole rings is 1. The van der Waals surface area contributed by atoms with Crippen LogP contribution in [0.25, 0.3) is 0 Å². The molecule has 0 aliphatic carbocycles. The maximum atomic E-state index is 5.13. The van der Waals surface area contributed by atoms with Crippen LogP contribution in [0.5, 0.6) is 0 Å². The van der Waals surface area contributed by atoms with E-state index in [2.05, 4.69) is 27.5 Å². The minimum absolute atomic E-state index is 0.279. The van der Waals surface area contributed by atoms with Gasteiger partial charge in [0.25, 0.3) is 0 Å². The minimum atomic E-state index is 0.279. The molecule has 1 rings (SSSR count). The van der Waals surface area contributed by atoms with E-state index in [0.717, 1.165) is 23.9 Å². The second-order valence-corrected chi connectivity index (χ2v) is 4.87. The molecule has 0 bridgehead atoms. The molecule has 0 aliphatic rings. The number of ether oxygens (including phenoxy) is 2. The lowest BCUT2D eigenvalue weighted by Gasteiger charge is -2.21.